The summed E-state index contributed by atoms with van der Waals surface area (Å²) in [6.07, 6.45) is -3.59. The molecule has 2 N–H and O–H groups in total. The number of aromatic nitrogens is 7. The molecule has 25 heteroatoms. The number of hydrogen-bond acceptors (Lipinski definition) is 10. The molecule has 6 aromatic rings. The van der Waals surface area contributed by atoms with Crippen molar-refractivity contribution in [3.8, 4) is 5.69 Å². The molecule has 0 radical (unpaired) electrons. The average molecular weight is 1010 g/mol. The number of rotatable bonds is 16. The summed E-state index contributed by atoms with van der Waals surface area (Å²) in [6.45, 7) is -0.908. The number of carbonyl (C=O) groups is 2. The molecule has 0 aliphatic heterocycles. The lowest BCUT2D eigenvalue weighted by atomic mass is 9.84. The molecule has 0 bridgehead atoms. The van der Waals surface area contributed by atoms with Crippen LogP contribution in [0.25, 0.3) is 27.6 Å². The van der Waals surface area contributed by atoms with Crippen LogP contribution in [0.5, 0.6) is 0 Å². The van der Waals surface area contributed by atoms with Gasteiger partial charge in [-0.05, 0) is 67.5 Å². The molecule has 0 saturated heterocycles. The Morgan fingerprint density at radius 3 is 2.38 bits per heavy atom. The van der Waals surface area contributed by atoms with Gasteiger partial charge in [-0.15, -0.1) is 0 Å². The quantitative estimate of drug-likeness (QED) is 0.0547. The maximum absolute atomic E-state index is 15.6. The molecule has 1 amide bonds. The molecule has 2 saturated carbocycles. The second-order valence-corrected chi connectivity index (χ2v) is 19.7. The van der Waals surface area contributed by atoms with Gasteiger partial charge in [0.15, 0.2) is 17.8 Å². The van der Waals surface area contributed by atoms with Crippen LogP contribution in [0, 0.1) is 17.6 Å². The maximum Gasteiger partial charge on any atom is 0.293 e. The first-order valence-electron chi connectivity index (χ1n) is 21.6. The number of nitrogens with one attached hydrogen (secondary N) is 2. The van der Waals surface area contributed by atoms with Crippen molar-refractivity contribution in [3.63, 3.8) is 0 Å². The van der Waals surface area contributed by atoms with Gasteiger partial charge < -0.3 is 10.1 Å². The number of halogens is 9. The molecule has 2 aromatic carbocycles. The van der Waals surface area contributed by atoms with Crippen LogP contribution in [-0.4, -0.2) is 80.6 Å². The molecule has 3 aliphatic rings. The van der Waals surface area contributed by atoms with Gasteiger partial charge in [0, 0.05) is 74.2 Å². The second-order valence-electron chi connectivity index (χ2n) is 17.6. The zero-order valence-corrected chi connectivity index (χ0v) is 38.0. The maximum atomic E-state index is 15.6. The Kier molecular flexibility index (Phi) is 12.4. The monoisotopic (exact) mass is 1010 g/mol. The van der Waals surface area contributed by atoms with Gasteiger partial charge in [0.25, 0.3) is 17.9 Å². The van der Waals surface area contributed by atoms with E-state index in [1.165, 1.54) is 30.0 Å². The fourth-order valence-corrected chi connectivity index (χ4v) is 10.4. The van der Waals surface area contributed by atoms with Crippen molar-refractivity contribution in [1.29, 1.82) is 0 Å². The third kappa shape index (κ3) is 9.05. The van der Waals surface area contributed by atoms with Gasteiger partial charge in [0.2, 0.25) is 21.9 Å². The predicted molar refractivity (Wildman–Crippen MR) is 233 cm³/mol. The average Bonchev–Trinajstić information content (AvgIpc) is 3.78. The molecule has 69 heavy (non-hydrogen) atoms. The van der Waals surface area contributed by atoms with Crippen molar-refractivity contribution in [2.24, 2.45) is 5.92 Å². The summed E-state index contributed by atoms with van der Waals surface area (Å²) in [7, 11) is -2.61. The van der Waals surface area contributed by atoms with E-state index in [-0.39, 0.29) is 88.7 Å². The van der Waals surface area contributed by atoms with Crippen molar-refractivity contribution < 1.29 is 57.9 Å². The minimum atomic E-state index is -4.04. The van der Waals surface area contributed by atoms with E-state index in [0.717, 1.165) is 23.0 Å². The number of alkyl halides is 6. The lowest BCUT2D eigenvalue weighted by molar-refractivity contribution is -0.123. The van der Waals surface area contributed by atoms with Gasteiger partial charge in [-0.25, -0.2) is 44.7 Å². The van der Waals surface area contributed by atoms with E-state index in [0.29, 0.717) is 17.0 Å². The predicted octanol–water partition coefficient (Wildman–Crippen LogP) is 8.02. The molecule has 9 rings (SSSR count). The molecule has 4 aromatic heterocycles. The number of carbonyl (C=O) groups excluding carboxylic acids is 2. The summed E-state index contributed by atoms with van der Waals surface area (Å²) in [6, 6.07) is 4.54. The van der Waals surface area contributed by atoms with E-state index in [9.17, 15) is 44.3 Å². The van der Waals surface area contributed by atoms with Crippen LogP contribution < -0.4 is 15.6 Å². The molecule has 15 nitrogen and oxygen atoms in total. The number of anilines is 1. The van der Waals surface area contributed by atoms with Gasteiger partial charge in [-0.3, -0.25) is 33.0 Å². The number of pyridine rings is 1. The molecule has 366 valence electrons. The third-order valence-corrected chi connectivity index (χ3v) is 13.6. The first kappa shape index (κ1) is 48.0. The minimum Gasteiger partial charge on any atom is -0.385 e. The van der Waals surface area contributed by atoms with Crippen LogP contribution in [-0.2, 0) is 45.0 Å². The van der Waals surface area contributed by atoms with Gasteiger partial charge in [-0.1, -0.05) is 11.6 Å². The highest BCUT2D eigenvalue weighted by Crippen LogP contribution is 2.68. The number of nitrogens with zero attached hydrogens (tertiary/aromatic N) is 7. The Balaban J connectivity index is 1.29. The standard InChI is InChI=1S/C44H40ClF8N9O6S/c1-68-11-3-10-60-36-30(5-4-27(45)34(36)40(58-60)59-69(2,66)67)62-41(56-39-32(42(62)65)22(19-63)15-28(55-39)21-6-8-43(50,51)9-7-21)29(14-20-12-23(46)16-24(47)13-20)54-31(64)18-61-37-33(35(57-61)38(48)49)25-17-26(25)44(37,52)53/h4-5,12-13,15-16,19,21,25-26,29,38H,3,6-11,14,17-18H2,1-2H3,(H,54,64)(H,58,59)/t25-,26+,29-/m0/s1. The highest BCUT2D eigenvalue weighted by atomic mass is 35.5. The van der Waals surface area contributed by atoms with Crippen molar-refractivity contribution in [3.05, 3.63) is 103 Å². The van der Waals surface area contributed by atoms with Crippen LogP contribution >= 0.6 is 11.6 Å². The first-order valence-corrected chi connectivity index (χ1v) is 23.8. The number of ether oxygens (including phenoxy) is 1. The Morgan fingerprint density at radius 1 is 1.01 bits per heavy atom. The SMILES string of the molecule is COCCCn1nc(NS(C)(=O)=O)c2c(Cl)ccc(-n3c([C@H](Cc4cc(F)cc(F)c4)NC(=O)Cn4nc(C(F)F)c5c4C(F)(F)[C@@H]4C[C@H]54)nc4nc(C5CCC(F)(F)CC5)cc(C=O)c4c3=O)c21. The molecule has 3 aliphatic carbocycles. The van der Waals surface area contributed by atoms with Crippen LogP contribution in [0.3, 0.4) is 0 Å². The molecular weight excluding hydrogens is 970 g/mol. The van der Waals surface area contributed by atoms with E-state index < -0.39 is 129 Å². The van der Waals surface area contributed by atoms with Crippen LogP contribution in [0.15, 0.2) is 41.2 Å². The summed E-state index contributed by atoms with van der Waals surface area (Å²) in [5, 5.41) is 10.3. The Morgan fingerprint density at radius 2 is 1.72 bits per heavy atom. The minimum absolute atomic E-state index is 0.00301. The molecule has 2 fully saturated rings. The van der Waals surface area contributed by atoms with Crippen molar-refractivity contribution in [1.82, 2.24) is 39.4 Å². The molecule has 4 heterocycles. The number of aryl methyl sites for hydroxylation is 1. The molecule has 3 atom stereocenters. The molecule has 0 spiro atoms. The smallest absolute Gasteiger partial charge is 0.293 e. The fraction of sp³-hybridized carbons (Fsp3) is 0.432. The number of methoxy groups -OCH3 is 1. The number of benzene rings is 2. The number of fused-ring (bicyclic) bond motifs is 5. The van der Waals surface area contributed by atoms with E-state index >= 15 is 13.6 Å². The lowest BCUT2D eigenvalue weighted by Gasteiger charge is -2.28. The van der Waals surface area contributed by atoms with E-state index in [1.54, 1.807) is 0 Å². The van der Waals surface area contributed by atoms with E-state index in [4.69, 9.17) is 21.3 Å². The van der Waals surface area contributed by atoms with Gasteiger partial charge in [0.1, 0.15) is 35.4 Å². The highest BCUT2D eigenvalue weighted by Gasteiger charge is 2.67. The summed E-state index contributed by atoms with van der Waals surface area (Å²) < 4.78 is 154. The Labute approximate surface area is 391 Å². The van der Waals surface area contributed by atoms with Gasteiger partial charge in [0.05, 0.1) is 39.3 Å². The van der Waals surface area contributed by atoms with Crippen LogP contribution in [0.1, 0.15) is 107 Å². The van der Waals surface area contributed by atoms with Gasteiger partial charge in [-0.2, -0.15) is 19.0 Å². The number of amides is 1. The third-order valence-electron chi connectivity index (χ3n) is 12.7. The fourth-order valence-electron chi connectivity index (χ4n) is 9.69. The normalized spacial score (nSPS) is 19.0. The van der Waals surface area contributed by atoms with Crippen molar-refractivity contribution in [2.75, 3.05) is 24.7 Å². The lowest BCUT2D eigenvalue weighted by Crippen LogP contribution is -2.38. The first-order chi connectivity index (χ1) is 32.6. The summed E-state index contributed by atoms with van der Waals surface area (Å²) in [4.78, 5) is 52.0. The number of sulfonamides is 1. The molecular formula is C44H40ClF8N9O6S. The number of aldehydes is 1. The summed E-state index contributed by atoms with van der Waals surface area (Å²) in [5.41, 5.74) is -4.03. The Bertz CT molecular complexity index is 3230. The highest BCUT2D eigenvalue weighted by molar-refractivity contribution is 7.92. The largest absolute Gasteiger partial charge is 0.385 e. The Hall–Kier alpha value is -6.01. The van der Waals surface area contributed by atoms with Crippen molar-refractivity contribution >= 4 is 61.6 Å². The van der Waals surface area contributed by atoms with Crippen molar-refractivity contribution in [2.45, 2.75) is 94.2 Å². The zero-order chi connectivity index (χ0) is 49.5. The second kappa shape index (κ2) is 17.7. The summed E-state index contributed by atoms with van der Waals surface area (Å²) >= 11 is 6.74. The van der Waals surface area contributed by atoms with Crippen LogP contribution in [0.2, 0.25) is 5.02 Å². The summed E-state index contributed by atoms with van der Waals surface area (Å²) in [5.74, 6) is -13.4. The number of hydrogen-bond donors (Lipinski definition) is 2. The van der Waals surface area contributed by atoms with E-state index in [1.807, 2.05) is 0 Å². The topological polar surface area (TPSA) is 185 Å². The van der Waals surface area contributed by atoms with Crippen LogP contribution in [0.4, 0.5) is 40.9 Å². The van der Waals surface area contributed by atoms with Gasteiger partial charge >= 0.3 is 0 Å². The molecule has 0 unspecified atom stereocenters. The zero-order valence-electron chi connectivity index (χ0n) is 36.4. The van der Waals surface area contributed by atoms with E-state index in [2.05, 4.69) is 25.2 Å².